The predicted molar refractivity (Wildman–Crippen MR) is 75.7 cm³/mol. The third-order valence-electron chi connectivity index (χ3n) is 2.70. The molecule has 1 aromatic carbocycles. The SMILES string of the molecule is CCOC(=O)c1cccc(COc2ccc(C)cc2)n1. The molecule has 0 spiro atoms. The van der Waals surface area contributed by atoms with Crippen LogP contribution in [0.5, 0.6) is 5.75 Å². The van der Waals surface area contributed by atoms with Crippen molar-refractivity contribution >= 4 is 5.97 Å². The van der Waals surface area contributed by atoms with Crippen LogP contribution in [0.15, 0.2) is 42.5 Å². The predicted octanol–water partition coefficient (Wildman–Crippen LogP) is 3.15. The molecule has 0 unspecified atom stereocenters. The molecule has 4 heteroatoms. The molecule has 0 amide bonds. The van der Waals surface area contributed by atoms with Crippen molar-refractivity contribution in [3.63, 3.8) is 0 Å². The van der Waals surface area contributed by atoms with E-state index in [2.05, 4.69) is 4.98 Å². The minimum absolute atomic E-state index is 0.303. The quantitative estimate of drug-likeness (QED) is 0.784. The van der Waals surface area contributed by atoms with E-state index in [1.54, 1.807) is 19.1 Å². The summed E-state index contributed by atoms with van der Waals surface area (Å²) in [5.41, 5.74) is 2.17. The molecule has 20 heavy (non-hydrogen) atoms. The second kappa shape index (κ2) is 6.70. The van der Waals surface area contributed by atoms with Gasteiger partial charge in [0, 0.05) is 0 Å². The number of pyridine rings is 1. The van der Waals surface area contributed by atoms with Gasteiger partial charge in [0.2, 0.25) is 0 Å². The molecule has 0 aliphatic heterocycles. The zero-order valence-corrected chi connectivity index (χ0v) is 11.6. The Hall–Kier alpha value is -2.36. The van der Waals surface area contributed by atoms with Crippen LogP contribution in [-0.4, -0.2) is 17.6 Å². The first kappa shape index (κ1) is 14.1. The number of aryl methyl sites for hydroxylation is 1. The molecule has 0 aliphatic rings. The van der Waals surface area contributed by atoms with Gasteiger partial charge in [0.05, 0.1) is 12.3 Å². The Labute approximate surface area is 118 Å². The number of nitrogens with zero attached hydrogens (tertiary/aromatic N) is 1. The summed E-state index contributed by atoms with van der Waals surface area (Å²) >= 11 is 0. The summed E-state index contributed by atoms with van der Waals surface area (Å²) in [7, 11) is 0. The van der Waals surface area contributed by atoms with Crippen LogP contribution in [-0.2, 0) is 11.3 Å². The Bertz CT molecular complexity index is 579. The zero-order valence-electron chi connectivity index (χ0n) is 11.6. The molecule has 0 bridgehead atoms. The van der Waals surface area contributed by atoms with E-state index in [1.165, 1.54) is 5.56 Å². The van der Waals surface area contributed by atoms with Crippen molar-refractivity contribution in [2.75, 3.05) is 6.61 Å². The Morgan fingerprint density at radius 2 is 1.90 bits per heavy atom. The lowest BCUT2D eigenvalue weighted by atomic mass is 10.2. The number of hydrogen-bond acceptors (Lipinski definition) is 4. The number of carbonyl (C=O) groups is 1. The summed E-state index contributed by atoms with van der Waals surface area (Å²) in [6.07, 6.45) is 0. The highest BCUT2D eigenvalue weighted by Gasteiger charge is 2.08. The van der Waals surface area contributed by atoms with Gasteiger partial charge in [0.1, 0.15) is 18.1 Å². The number of rotatable bonds is 5. The van der Waals surface area contributed by atoms with Gasteiger partial charge in [-0.1, -0.05) is 23.8 Å². The van der Waals surface area contributed by atoms with E-state index in [1.807, 2.05) is 37.3 Å². The van der Waals surface area contributed by atoms with Crippen molar-refractivity contribution in [3.05, 3.63) is 59.4 Å². The highest BCUT2D eigenvalue weighted by atomic mass is 16.5. The molecule has 104 valence electrons. The average Bonchev–Trinajstić information content (AvgIpc) is 2.47. The van der Waals surface area contributed by atoms with Gasteiger partial charge in [0.25, 0.3) is 0 Å². The number of hydrogen-bond donors (Lipinski definition) is 0. The van der Waals surface area contributed by atoms with Crippen LogP contribution in [0.3, 0.4) is 0 Å². The van der Waals surface area contributed by atoms with E-state index in [4.69, 9.17) is 9.47 Å². The maximum atomic E-state index is 11.6. The number of esters is 1. The molecule has 0 radical (unpaired) electrons. The minimum Gasteiger partial charge on any atom is -0.487 e. The zero-order chi connectivity index (χ0) is 14.4. The number of carbonyl (C=O) groups excluding carboxylic acids is 1. The van der Waals surface area contributed by atoms with Crippen LogP contribution >= 0.6 is 0 Å². The van der Waals surface area contributed by atoms with E-state index in [0.717, 1.165) is 5.75 Å². The molecule has 2 aromatic rings. The fraction of sp³-hybridized carbons (Fsp3) is 0.250. The lowest BCUT2D eigenvalue weighted by Gasteiger charge is -2.07. The second-order valence-corrected chi connectivity index (χ2v) is 4.34. The molecule has 1 heterocycles. The van der Waals surface area contributed by atoms with Crippen LogP contribution in [0.2, 0.25) is 0 Å². The van der Waals surface area contributed by atoms with Crippen LogP contribution < -0.4 is 4.74 Å². The van der Waals surface area contributed by atoms with Gasteiger partial charge in [-0.3, -0.25) is 0 Å². The van der Waals surface area contributed by atoms with E-state index >= 15 is 0 Å². The number of ether oxygens (including phenoxy) is 2. The Morgan fingerprint density at radius 3 is 2.60 bits per heavy atom. The standard InChI is InChI=1S/C16H17NO3/c1-3-19-16(18)15-6-4-5-13(17-15)11-20-14-9-7-12(2)8-10-14/h4-10H,3,11H2,1-2H3. The molecule has 1 aromatic heterocycles. The van der Waals surface area contributed by atoms with Gasteiger partial charge in [-0.05, 0) is 38.1 Å². The van der Waals surface area contributed by atoms with Gasteiger partial charge in [-0.15, -0.1) is 0 Å². The van der Waals surface area contributed by atoms with Crippen molar-refractivity contribution < 1.29 is 14.3 Å². The second-order valence-electron chi connectivity index (χ2n) is 4.34. The molecular formula is C16H17NO3. The Morgan fingerprint density at radius 1 is 1.15 bits per heavy atom. The monoisotopic (exact) mass is 271 g/mol. The molecule has 0 N–H and O–H groups in total. The summed E-state index contributed by atoms with van der Waals surface area (Å²) in [6, 6.07) is 13.0. The largest absolute Gasteiger partial charge is 0.487 e. The molecule has 4 nitrogen and oxygen atoms in total. The van der Waals surface area contributed by atoms with E-state index in [0.29, 0.717) is 24.6 Å². The fourth-order valence-electron chi connectivity index (χ4n) is 1.67. The summed E-state index contributed by atoms with van der Waals surface area (Å²) in [5.74, 6) is 0.364. The van der Waals surface area contributed by atoms with Crippen molar-refractivity contribution in [1.29, 1.82) is 0 Å². The van der Waals surface area contributed by atoms with Crippen LogP contribution in [0.25, 0.3) is 0 Å². The molecule has 0 aliphatic carbocycles. The molecule has 0 fully saturated rings. The van der Waals surface area contributed by atoms with Gasteiger partial charge in [0.15, 0.2) is 0 Å². The highest BCUT2D eigenvalue weighted by Crippen LogP contribution is 2.13. The van der Waals surface area contributed by atoms with Crippen molar-refractivity contribution in [3.8, 4) is 5.75 Å². The van der Waals surface area contributed by atoms with E-state index in [9.17, 15) is 4.79 Å². The van der Waals surface area contributed by atoms with Gasteiger partial charge < -0.3 is 9.47 Å². The summed E-state index contributed by atoms with van der Waals surface area (Å²) in [4.78, 5) is 15.8. The van der Waals surface area contributed by atoms with Gasteiger partial charge in [-0.2, -0.15) is 0 Å². The van der Waals surface area contributed by atoms with Crippen LogP contribution in [0, 0.1) is 6.92 Å². The first-order valence-corrected chi connectivity index (χ1v) is 6.51. The molecule has 0 saturated heterocycles. The Kier molecular flexibility index (Phi) is 4.71. The van der Waals surface area contributed by atoms with Crippen molar-refractivity contribution in [2.45, 2.75) is 20.5 Å². The van der Waals surface area contributed by atoms with Crippen molar-refractivity contribution in [1.82, 2.24) is 4.98 Å². The molecule has 2 rings (SSSR count). The van der Waals surface area contributed by atoms with E-state index in [-0.39, 0.29) is 0 Å². The summed E-state index contributed by atoms with van der Waals surface area (Å²) < 4.78 is 10.5. The average molecular weight is 271 g/mol. The third-order valence-corrected chi connectivity index (χ3v) is 2.70. The van der Waals surface area contributed by atoms with E-state index < -0.39 is 5.97 Å². The maximum absolute atomic E-state index is 11.6. The van der Waals surface area contributed by atoms with Crippen molar-refractivity contribution in [2.24, 2.45) is 0 Å². The summed E-state index contributed by atoms with van der Waals surface area (Å²) in [5, 5.41) is 0. The number of benzene rings is 1. The summed E-state index contributed by atoms with van der Waals surface area (Å²) in [6.45, 7) is 4.44. The smallest absolute Gasteiger partial charge is 0.356 e. The number of aromatic nitrogens is 1. The van der Waals surface area contributed by atoms with Gasteiger partial charge >= 0.3 is 5.97 Å². The molecular weight excluding hydrogens is 254 g/mol. The topological polar surface area (TPSA) is 48.4 Å². The first-order chi connectivity index (χ1) is 9.69. The molecule has 0 atom stereocenters. The fourth-order valence-corrected chi connectivity index (χ4v) is 1.67. The highest BCUT2D eigenvalue weighted by molar-refractivity contribution is 5.87. The first-order valence-electron chi connectivity index (χ1n) is 6.51. The minimum atomic E-state index is -0.412. The Balaban J connectivity index is 2.01. The van der Waals surface area contributed by atoms with Gasteiger partial charge in [-0.25, -0.2) is 9.78 Å². The third kappa shape index (κ3) is 3.82. The maximum Gasteiger partial charge on any atom is 0.356 e. The molecule has 0 saturated carbocycles. The lowest BCUT2D eigenvalue weighted by Crippen LogP contribution is -2.09. The normalized spacial score (nSPS) is 10.1. The van der Waals surface area contributed by atoms with Crippen LogP contribution in [0.1, 0.15) is 28.7 Å². The lowest BCUT2D eigenvalue weighted by molar-refractivity contribution is 0.0519. The van der Waals surface area contributed by atoms with Crippen LogP contribution in [0.4, 0.5) is 0 Å².